The van der Waals surface area contributed by atoms with E-state index in [0.29, 0.717) is 5.25 Å². The Balaban J connectivity index is 2.58. The molecule has 0 radical (unpaired) electrons. The van der Waals surface area contributed by atoms with Crippen LogP contribution in [0.5, 0.6) is 0 Å². The first-order chi connectivity index (χ1) is 6.26. The Morgan fingerprint density at radius 2 is 2.00 bits per heavy atom. The van der Waals surface area contributed by atoms with Gasteiger partial charge in [-0.2, -0.15) is 0 Å². The van der Waals surface area contributed by atoms with E-state index in [4.69, 9.17) is 16.7 Å². The van der Waals surface area contributed by atoms with Crippen LogP contribution in [0.4, 0.5) is 0 Å². The molecule has 0 aromatic heterocycles. The van der Waals surface area contributed by atoms with Crippen LogP contribution in [0.25, 0.3) is 0 Å². The van der Waals surface area contributed by atoms with Crippen molar-refractivity contribution in [2.45, 2.75) is 23.5 Å². The zero-order valence-electron chi connectivity index (χ0n) is 7.53. The van der Waals surface area contributed by atoms with Gasteiger partial charge in [-0.15, -0.1) is 11.8 Å². The lowest BCUT2D eigenvalue weighted by molar-refractivity contribution is 0.292. The highest BCUT2D eigenvalue weighted by molar-refractivity contribution is 8.00. The fraction of sp³-hybridized carbons (Fsp3) is 0.400. The summed E-state index contributed by atoms with van der Waals surface area (Å²) in [5.74, 6) is 0. The minimum atomic E-state index is 0.226. The number of rotatable bonds is 4. The molecule has 1 aromatic carbocycles. The van der Waals surface area contributed by atoms with Crippen LogP contribution in [0, 0.1) is 0 Å². The van der Waals surface area contributed by atoms with Gasteiger partial charge in [0.2, 0.25) is 0 Å². The summed E-state index contributed by atoms with van der Waals surface area (Å²) < 4.78 is 0. The van der Waals surface area contributed by atoms with Gasteiger partial charge in [0, 0.05) is 15.2 Å². The summed E-state index contributed by atoms with van der Waals surface area (Å²) in [4.78, 5) is 1.16. The Labute approximate surface area is 88.1 Å². The van der Waals surface area contributed by atoms with Crippen molar-refractivity contribution >= 4 is 23.4 Å². The second-order valence-electron chi connectivity index (χ2n) is 2.78. The Morgan fingerprint density at radius 3 is 2.46 bits per heavy atom. The van der Waals surface area contributed by atoms with Gasteiger partial charge >= 0.3 is 0 Å². The first-order valence-corrected chi connectivity index (χ1v) is 5.55. The maximum absolute atomic E-state index is 9.00. The molecule has 1 rings (SSSR count). The lowest BCUT2D eigenvalue weighted by atomic mass is 10.3. The lowest BCUT2D eigenvalue weighted by Gasteiger charge is -2.10. The molecule has 0 amide bonds. The monoisotopic (exact) mass is 216 g/mol. The van der Waals surface area contributed by atoms with E-state index in [1.54, 1.807) is 11.8 Å². The first-order valence-electron chi connectivity index (χ1n) is 4.29. The third-order valence-electron chi connectivity index (χ3n) is 1.78. The van der Waals surface area contributed by atoms with Gasteiger partial charge in [-0.05, 0) is 30.7 Å². The molecule has 13 heavy (non-hydrogen) atoms. The summed E-state index contributed by atoms with van der Waals surface area (Å²) in [6.45, 7) is 2.30. The van der Waals surface area contributed by atoms with Crippen LogP contribution in [0.2, 0.25) is 5.02 Å². The number of aliphatic hydroxyl groups excluding tert-OH is 1. The summed E-state index contributed by atoms with van der Waals surface area (Å²) >= 11 is 7.45. The molecule has 1 aromatic rings. The highest BCUT2D eigenvalue weighted by Gasteiger charge is 2.05. The molecule has 1 unspecified atom stereocenters. The summed E-state index contributed by atoms with van der Waals surface area (Å²) in [7, 11) is 0. The van der Waals surface area contributed by atoms with Gasteiger partial charge in [-0.1, -0.05) is 18.5 Å². The number of benzene rings is 1. The molecule has 0 spiro atoms. The topological polar surface area (TPSA) is 20.2 Å². The molecule has 0 saturated heterocycles. The second kappa shape index (κ2) is 5.53. The average Bonchev–Trinajstić information content (AvgIpc) is 2.17. The molecule has 3 heteroatoms. The van der Waals surface area contributed by atoms with Gasteiger partial charge in [-0.3, -0.25) is 0 Å². The molecular weight excluding hydrogens is 204 g/mol. The predicted octanol–water partition coefficient (Wildman–Crippen LogP) is 3.20. The minimum absolute atomic E-state index is 0.226. The van der Waals surface area contributed by atoms with E-state index in [0.717, 1.165) is 16.3 Å². The third-order valence-corrected chi connectivity index (χ3v) is 3.39. The number of hydrogen-bond donors (Lipinski definition) is 1. The van der Waals surface area contributed by atoms with Crippen molar-refractivity contribution in [1.82, 2.24) is 0 Å². The lowest BCUT2D eigenvalue weighted by Crippen LogP contribution is -2.05. The van der Waals surface area contributed by atoms with E-state index in [1.807, 2.05) is 24.3 Å². The van der Waals surface area contributed by atoms with Crippen molar-refractivity contribution in [2.24, 2.45) is 0 Å². The van der Waals surface area contributed by atoms with Crippen LogP contribution < -0.4 is 0 Å². The van der Waals surface area contributed by atoms with Crippen molar-refractivity contribution in [2.75, 3.05) is 6.61 Å². The van der Waals surface area contributed by atoms with Crippen molar-refractivity contribution in [1.29, 1.82) is 0 Å². The fourth-order valence-electron chi connectivity index (χ4n) is 0.955. The maximum Gasteiger partial charge on any atom is 0.0553 e. The Morgan fingerprint density at radius 1 is 1.38 bits per heavy atom. The zero-order valence-corrected chi connectivity index (χ0v) is 9.11. The normalized spacial score (nSPS) is 12.8. The molecule has 0 aliphatic heterocycles. The van der Waals surface area contributed by atoms with Gasteiger partial charge in [0.25, 0.3) is 0 Å². The molecule has 1 N–H and O–H groups in total. The molecule has 0 aliphatic carbocycles. The molecule has 0 aliphatic rings. The highest BCUT2D eigenvalue weighted by atomic mass is 35.5. The maximum atomic E-state index is 9.00. The molecule has 1 nitrogen and oxygen atoms in total. The largest absolute Gasteiger partial charge is 0.395 e. The number of thioether (sulfide) groups is 1. The quantitative estimate of drug-likeness (QED) is 0.781. The van der Waals surface area contributed by atoms with Crippen molar-refractivity contribution < 1.29 is 5.11 Å². The molecular formula is C10H13ClOS. The standard InChI is InChI=1S/C10H13ClOS/c1-2-9(7-12)13-10-5-3-8(11)4-6-10/h3-6,9,12H,2,7H2,1H3. The van der Waals surface area contributed by atoms with E-state index >= 15 is 0 Å². The van der Waals surface area contributed by atoms with Crippen LogP contribution >= 0.6 is 23.4 Å². The van der Waals surface area contributed by atoms with Gasteiger partial charge in [0.15, 0.2) is 0 Å². The van der Waals surface area contributed by atoms with Gasteiger partial charge in [-0.25, -0.2) is 0 Å². The van der Waals surface area contributed by atoms with E-state index in [9.17, 15) is 0 Å². The summed E-state index contributed by atoms with van der Waals surface area (Å²) in [5.41, 5.74) is 0. The summed E-state index contributed by atoms with van der Waals surface area (Å²) in [6, 6.07) is 7.69. The molecule has 1 atom stereocenters. The van der Waals surface area contributed by atoms with Crippen molar-refractivity contribution in [3.05, 3.63) is 29.3 Å². The highest BCUT2D eigenvalue weighted by Crippen LogP contribution is 2.25. The number of hydrogen-bond acceptors (Lipinski definition) is 2. The molecule has 0 fully saturated rings. The molecule has 0 saturated carbocycles. The number of halogens is 1. The molecule has 0 heterocycles. The van der Waals surface area contributed by atoms with Crippen molar-refractivity contribution in [3.63, 3.8) is 0 Å². The SMILES string of the molecule is CCC(CO)Sc1ccc(Cl)cc1. The first kappa shape index (κ1) is 10.9. The second-order valence-corrected chi connectivity index (χ2v) is 4.59. The molecule has 72 valence electrons. The zero-order chi connectivity index (χ0) is 9.68. The summed E-state index contributed by atoms with van der Waals surface area (Å²) in [6.07, 6.45) is 0.976. The van der Waals surface area contributed by atoms with E-state index < -0.39 is 0 Å². The summed E-state index contributed by atoms with van der Waals surface area (Å²) in [5, 5.41) is 10.0. The van der Waals surface area contributed by atoms with Crippen LogP contribution in [-0.2, 0) is 0 Å². The van der Waals surface area contributed by atoms with Crippen LogP contribution in [0.1, 0.15) is 13.3 Å². The van der Waals surface area contributed by atoms with Gasteiger partial charge in [0.1, 0.15) is 0 Å². The van der Waals surface area contributed by atoms with Gasteiger partial charge in [0.05, 0.1) is 6.61 Å². The molecule has 0 bridgehead atoms. The fourth-order valence-corrected chi connectivity index (χ4v) is 2.00. The van der Waals surface area contributed by atoms with E-state index in [2.05, 4.69) is 6.92 Å². The predicted molar refractivity (Wildman–Crippen MR) is 58.5 cm³/mol. The Kier molecular flexibility index (Phi) is 4.64. The Hall–Kier alpha value is -0.180. The third kappa shape index (κ3) is 3.59. The van der Waals surface area contributed by atoms with Crippen molar-refractivity contribution in [3.8, 4) is 0 Å². The Bertz CT molecular complexity index is 244. The minimum Gasteiger partial charge on any atom is -0.395 e. The van der Waals surface area contributed by atoms with Crippen LogP contribution in [0.15, 0.2) is 29.2 Å². The van der Waals surface area contributed by atoms with E-state index in [1.165, 1.54) is 0 Å². The smallest absolute Gasteiger partial charge is 0.0553 e. The van der Waals surface area contributed by atoms with Gasteiger partial charge < -0.3 is 5.11 Å². The van der Waals surface area contributed by atoms with E-state index in [-0.39, 0.29) is 6.61 Å². The van der Waals surface area contributed by atoms with Crippen LogP contribution in [0.3, 0.4) is 0 Å². The number of aliphatic hydroxyl groups is 1. The average molecular weight is 217 g/mol. The van der Waals surface area contributed by atoms with Crippen LogP contribution in [-0.4, -0.2) is 17.0 Å².